The van der Waals surface area contributed by atoms with E-state index in [0.29, 0.717) is 29.5 Å². The number of nitrogens with one attached hydrogen (secondary N) is 1. The van der Waals surface area contributed by atoms with Crippen molar-refractivity contribution in [3.05, 3.63) is 47.0 Å². The van der Waals surface area contributed by atoms with Crippen LogP contribution >= 0.6 is 0 Å². The summed E-state index contributed by atoms with van der Waals surface area (Å²) in [5.74, 6) is 2.10. The Balaban J connectivity index is 2.04. The fourth-order valence-electron chi connectivity index (χ4n) is 2.75. The molecule has 146 valence electrons. The second kappa shape index (κ2) is 9.16. The van der Waals surface area contributed by atoms with E-state index in [-0.39, 0.29) is 5.91 Å². The van der Waals surface area contributed by atoms with Crippen molar-refractivity contribution in [3.8, 4) is 23.0 Å². The van der Waals surface area contributed by atoms with Crippen molar-refractivity contribution < 1.29 is 23.7 Å². The van der Waals surface area contributed by atoms with Gasteiger partial charge in [0, 0.05) is 6.54 Å². The average molecular weight is 373 g/mol. The monoisotopic (exact) mass is 373 g/mol. The highest BCUT2D eigenvalue weighted by atomic mass is 16.5. The number of rotatable bonds is 8. The van der Waals surface area contributed by atoms with Crippen molar-refractivity contribution >= 4 is 5.91 Å². The largest absolute Gasteiger partial charge is 0.493 e. The first-order chi connectivity index (χ1) is 12.9. The van der Waals surface area contributed by atoms with Gasteiger partial charge in [0.25, 0.3) is 5.91 Å². The van der Waals surface area contributed by atoms with E-state index >= 15 is 0 Å². The highest BCUT2D eigenvalue weighted by Gasteiger charge is 2.17. The molecule has 6 nitrogen and oxygen atoms in total. The summed E-state index contributed by atoms with van der Waals surface area (Å²) >= 11 is 0. The van der Waals surface area contributed by atoms with Gasteiger partial charge in [0.05, 0.1) is 21.3 Å². The molecule has 1 amide bonds. The van der Waals surface area contributed by atoms with Gasteiger partial charge in [-0.2, -0.15) is 0 Å². The molecule has 0 spiro atoms. The third-order valence-corrected chi connectivity index (χ3v) is 4.19. The summed E-state index contributed by atoms with van der Waals surface area (Å²) < 4.78 is 21.8. The number of carbonyl (C=O) groups is 1. The van der Waals surface area contributed by atoms with E-state index in [2.05, 4.69) is 5.32 Å². The van der Waals surface area contributed by atoms with Gasteiger partial charge in [0.15, 0.2) is 17.6 Å². The number of hydrogen-bond acceptors (Lipinski definition) is 5. The number of benzene rings is 2. The van der Waals surface area contributed by atoms with E-state index in [1.807, 2.05) is 32.0 Å². The van der Waals surface area contributed by atoms with Crippen LogP contribution in [0.3, 0.4) is 0 Å². The zero-order valence-corrected chi connectivity index (χ0v) is 16.7. The summed E-state index contributed by atoms with van der Waals surface area (Å²) in [6.45, 7) is 6.02. The fourth-order valence-corrected chi connectivity index (χ4v) is 2.75. The molecule has 27 heavy (non-hydrogen) atoms. The lowest BCUT2D eigenvalue weighted by atomic mass is 10.1. The van der Waals surface area contributed by atoms with Gasteiger partial charge in [-0.25, -0.2) is 0 Å². The lowest BCUT2D eigenvalue weighted by Crippen LogP contribution is -2.36. The van der Waals surface area contributed by atoms with Crippen molar-refractivity contribution in [2.45, 2.75) is 33.4 Å². The molecule has 1 atom stereocenters. The van der Waals surface area contributed by atoms with Crippen molar-refractivity contribution in [3.63, 3.8) is 0 Å². The lowest BCUT2D eigenvalue weighted by Gasteiger charge is -2.17. The second-order valence-corrected chi connectivity index (χ2v) is 6.28. The van der Waals surface area contributed by atoms with Gasteiger partial charge in [-0.05, 0) is 50.1 Å². The maximum Gasteiger partial charge on any atom is 0.261 e. The predicted octanol–water partition coefficient (Wildman–Crippen LogP) is 3.41. The summed E-state index contributed by atoms with van der Waals surface area (Å²) in [7, 11) is 4.66. The number of amides is 1. The number of methoxy groups -OCH3 is 3. The first-order valence-electron chi connectivity index (χ1n) is 8.70. The molecule has 0 radical (unpaired) electrons. The summed E-state index contributed by atoms with van der Waals surface area (Å²) in [6, 6.07) is 9.47. The van der Waals surface area contributed by atoms with E-state index < -0.39 is 6.10 Å². The van der Waals surface area contributed by atoms with E-state index in [1.54, 1.807) is 40.4 Å². The standard InChI is InChI=1S/C21H27NO5/c1-13-7-8-17(14(2)9-13)27-15(3)21(23)22-12-16-10-18(24-4)20(26-6)19(11-16)25-5/h7-11,15H,12H2,1-6H3,(H,22,23). The zero-order chi connectivity index (χ0) is 20.0. The van der Waals surface area contributed by atoms with Crippen molar-refractivity contribution in [1.29, 1.82) is 0 Å². The summed E-state index contributed by atoms with van der Waals surface area (Å²) in [5.41, 5.74) is 2.98. The molecule has 1 N–H and O–H groups in total. The molecule has 0 aliphatic carbocycles. The van der Waals surface area contributed by atoms with Crippen LogP contribution in [0.1, 0.15) is 23.6 Å². The van der Waals surface area contributed by atoms with E-state index in [0.717, 1.165) is 16.7 Å². The van der Waals surface area contributed by atoms with Crippen molar-refractivity contribution in [2.75, 3.05) is 21.3 Å². The number of carbonyl (C=O) groups excluding carboxylic acids is 1. The van der Waals surface area contributed by atoms with Crippen LogP contribution in [-0.2, 0) is 11.3 Å². The van der Waals surface area contributed by atoms with Crippen molar-refractivity contribution in [2.24, 2.45) is 0 Å². The molecule has 0 heterocycles. The molecule has 0 fully saturated rings. The number of hydrogen-bond donors (Lipinski definition) is 1. The smallest absolute Gasteiger partial charge is 0.261 e. The Bertz CT molecular complexity index is 778. The van der Waals surface area contributed by atoms with Crippen LogP contribution in [0.15, 0.2) is 30.3 Å². The van der Waals surface area contributed by atoms with Gasteiger partial charge in [-0.1, -0.05) is 17.7 Å². The maximum atomic E-state index is 12.4. The van der Waals surface area contributed by atoms with E-state index in [1.165, 1.54) is 0 Å². The topological polar surface area (TPSA) is 66.0 Å². The SMILES string of the molecule is COc1cc(CNC(=O)C(C)Oc2ccc(C)cc2C)cc(OC)c1OC. The molecule has 6 heteroatoms. The Morgan fingerprint density at radius 2 is 1.59 bits per heavy atom. The number of ether oxygens (including phenoxy) is 4. The molecule has 0 saturated heterocycles. The summed E-state index contributed by atoms with van der Waals surface area (Å²) in [6.07, 6.45) is -0.617. The quantitative estimate of drug-likeness (QED) is 0.768. The molecule has 0 aliphatic rings. The molecular formula is C21H27NO5. The van der Waals surface area contributed by atoms with E-state index in [4.69, 9.17) is 18.9 Å². The van der Waals surface area contributed by atoms with Crippen LogP contribution < -0.4 is 24.3 Å². The Hall–Kier alpha value is -2.89. The van der Waals surface area contributed by atoms with Gasteiger partial charge >= 0.3 is 0 Å². The molecular weight excluding hydrogens is 346 g/mol. The number of aryl methyl sites for hydroxylation is 2. The van der Waals surface area contributed by atoms with Crippen LogP contribution in [0.4, 0.5) is 0 Å². The van der Waals surface area contributed by atoms with Crippen LogP contribution in [0, 0.1) is 13.8 Å². The third kappa shape index (κ3) is 5.06. The Labute approximate surface area is 160 Å². The minimum atomic E-state index is -0.617. The minimum absolute atomic E-state index is 0.205. The molecule has 2 aromatic rings. The van der Waals surface area contributed by atoms with Crippen LogP contribution in [-0.4, -0.2) is 33.3 Å². The maximum absolute atomic E-state index is 12.4. The molecule has 2 aromatic carbocycles. The molecule has 0 bridgehead atoms. The lowest BCUT2D eigenvalue weighted by molar-refractivity contribution is -0.127. The van der Waals surface area contributed by atoms with E-state index in [9.17, 15) is 4.79 Å². The molecule has 1 unspecified atom stereocenters. The van der Waals surface area contributed by atoms with Crippen molar-refractivity contribution in [1.82, 2.24) is 5.32 Å². The van der Waals surface area contributed by atoms with Gasteiger partial charge < -0.3 is 24.3 Å². The molecule has 2 rings (SSSR count). The fraction of sp³-hybridized carbons (Fsp3) is 0.381. The van der Waals surface area contributed by atoms with Crippen LogP contribution in [0.2, 0.25) is 0 Å². The van der Waals surface area contributed by atoms with Gasteiger partial charge in [-0.15, -0.1) is 0 Å². The van der Waals surface area contributed by atoms with Crippen LogP contribution in [0.5, 0.6) is 23.0 Å². The van der Waals surface area contributed by atoms with Gasteiger partial charge in [-0.3, -0.25) is 4.79 Å². The summed E-state index contributed by atoms with van der Waals surface area (Å²) in [4.78, 5) is 12.4. The average Bonchev–Trinajstić information content (AvgIpc) is 2.66. The third-order valence-electron chi connectivity index (χ3n) is 4.19. The highest BCUT2D eigenvalue weighted by Crippen LogP contribution is 2.38. The normalized spacial score (nSPS) is 11.5. The Morgan fingerprint density at radius 1 is 0.963 bits per heavy atom. The molecule has 0 aromatic heterocycles. The minimum Gasteiger partial charge on any atom is -0.493 e. The molecule has 0 aliphatic heterocycles. The Morgan fingerprint density at radius 3 is 2.11 bits per heavy atom. The Kier molecular flexibility index (Phi) is 6.93. The van der Waals surface area contributed by atoms with Gasteiger partial charge in [0.2, 0.25) is 5.75 Å². The first-order valence-corrected chi connectivity index (χ1v) is 8.70. The van der Waals surface area contributed by atoms with Crippen LogP contribution in [0.25, 0.3) is 0 Å². The second-order valence-electron chi connectivity index (χ2n) is 6.28. The van der Waals surface area contributed by atoms with Gasteiger partial charge in [0.1, 0.15) is 5.75 Å². The molecule has 0 saturated carbocycles. The predicted molar refractivity (Wildman–Crippen MR) is 104 cm³/mol. The highest BCUT2D eigenvalue weighted by molar-refractivity contribution is 5.80. The summed E-state index contributed by atoms with van der Waals surface area (Å²) in [5, 5.41) is 2.87. The zero-order valence-electron chi connectivity index (χ0n) is 16.7. The first kappa shape index (κ1) is 20.4.